The van der Waals surface area contributed by atoms with Crippen molar-refractivity contribution in [1.29, 1.82) is 0 Å². The van der Waals surface area contributed by atoms with Gasteiger partial charge in [0.05, 0.1) is 0 Å². The van der Waals surface area contributed by atoms with E-state index in [1.54, 1.807) is 0 Å². The molecule has 1 N–H and O–H groups in total. The van der Waals surface area contributed by atoms with E-state index < -0.39 is 6.43 Å². The van der Waals surface area contributed by atoms with Crippen molar-refractivity contribution in [3.05, 3.63) is 34.3 Å². The van der Waals surface area contributed by atoms with Crippen LogP contribution in [0.3, 0.4) is 0 Å². The number of rotatable bonds is 3. The maximum absolute atomic E-state index is 12.4. The van der Waals surface area contributed by atoms with E-state index in [1.807, 2.05) is 0 Å². The van der Waals surface area contributed by atoms with E-state index in [9.17, 15) is 8.78 Å². The van der Waals surface area contributed by atoms with Crippen LogP contribution in [0.5, 0.6) is 0 Å². The topological polar surface area (TPSA) is 20.2 Å². The van der Waals surface area contributed by atoms with E-state index >= 15 is 0 Å². The van der Waals surface area contributed by atoms with E-state index in [0.29, 0.717) is 10.6 Å². The van der Waals surface area contributed by atoms with Gasteiger partial charge >= 0.3 is 0 Å². The van der Waals surface area contributed by atoms with Crippen LogP contribution in [-0.4, -0.2) is 11.7 Å². The summed E-state index contributed by atoms with van der Waals surface area (Å²) in [7, 11) is 0. The fourth-order valence-corrected chi connectivity index (χ4v) is 1.32. The Labute approximate surface area is 80.0 Å². The van der Waals surface area contributed by atoms with Gasteiger partial charge in [-0.15, -0.1) is 0 Å². The van der Waals surface area contributed by atoms with Gasteiger partial charge in [-0.25, -0.2) is 8.78 Å². The van der Waals surface area contributed by atoms with Crippen molar-refractivity contribution in [3.8, 4) is 0 Å². The second-order valence-electron chi connectivity index (χ2n) is 2.62. The summed E-state index contributed by atoms with van der Waals surface area (Å²) in [5.41, 5.74) is 0.350. The first-order chi connectivity index (χ1) is 6.15. The maximum atomic E-state index is 12.4. The van der Waals surface area contributed by atoms with Crippen molar-refractivity contribution in [2.75, 3.05) is 6.61 Å². The van der Waals surface area contributed by atoms with Gasteiger partial charge in [0.1, 0.15) is 0 Å². The van der Waals surface area contributed by atoms with E-state index in [-0.39, 0.29) is 18.6 Å². The molecule has 0 saturated carbocycles. The average Bonchev–Trinajstić information content (AvgIpc) is 2.04. The molecule has 0 heterocycles. The number of hydrogen-bond donors (Lipinski definition) is 1. The number of aliphatic hydroxyl groups excluding tert-OH is 1. The van der Waals surface area contributed by atoms with Crippen LogP contribution in [0.2, 0.25) is 5.02 Å². The highest BCUT2D eigenvalue weighted by Crippen LogP contribution is 2.25. The van der Waals surface area contributed by atoms with Crippen LogP contribution in [0, 0.1) is 0 Å². The third-order valence-electron chi connectivity index (χ3n) is 1.72. The standard InChI is InChI=1S/C9H9ClF2O/c10-7-1-2-8(9(11)12)6(5-7)3-4-13/h1-2,5,9,13H,3-4H2. The fraction of sp³-hybridized carbons (Fsp3) is 0.333. The predicted octanol–water partition coefficient (Wildman–Crippen LogP) is 2.81. The normalized spacial score (nSPS) is 10.8. The molecule has 13 heavy (non-hydrogen) atoms. The third kappa shape index (κ3) is 2.64. The summed E-state index contributed by atoms with van der Waals surface area (Å²) in [4.78, 5) is 0. The first-order valence-corrected chi connectivity index (χ1v) is 4.20. The lowest BCUT2D eigenvalue weighted by molar-refractivity contribution is 0.149. The number of alkyl halides is 2. The van der Waals surface area contributed by atoms with Gasteiger partial charge in [-0.1, -0.05) is 17.7 Å². The highest BCUT2D eigenvalue weighted by Gasteiger charge is 2.12. The first kappa shape index (κ1) is 10.4. The zero-order chi connectivity index (χ0) is 9.84. The van der Waals surface area contributed by atoms with E-state index in [2.05, 4.69) is 0 Å². The molecule has 0 atom stereocenters. The molecule has 0 radical (unpaired) electrons. The Hall–Kier alpha value is -0.670. The second kappa shape index (κ2) is 4.53. The zero-order valence-electron chi connectivity index (χ0n) is 6.80. The van der Waals surface area contributed by atoms with Crippen molar-refractivity contribution in [1.82, 2.24) is 0 Å². The van der Waals surface area contributed by atoms with Crippen molar-refractivity contribution < 1.29 is 13.9 Å². The summed E-state index contributed by atoms with van der Waals surface area (Å²) in [6.07, 6.45) is -2.31. The highest BCUT2D eigenvalue weighted by molar-refractivity contribution is 6.30. The van der Waals surface area contributed by atoms with Gasteiger partial charge in [0, 0.05) is 17.2 Å². The van der Waals surface area contributed by atoms with Crippen molar-refractivity contribution in [3.63, 3.8) is 0 Å². The average molecular weight is 207 g/mol. The predicted molar refractivity (Wildman–Crippen MR) is 47.2 cm³/mol. The van der Waals surface area contributed by atoms with Gasteiger partial charge in [0.25, 0.3) is 6.43 Å². The van der Waals surface area contributed by atoms with Crippen LogP contribution in [0.4, 0.5) is 8.78 Å². The lowest BCUT2D eigenvalue weighted by atomic mass is 10.1. The molecule has 1 rings (SSSR count). The van der Waals surface area contributed by atoms with Crippen LogP contribution in [0.1, 0.15) is 17.6 Å². The SMILES string of the molecule is OCCc1cc(Cl)ccc1C(F)F. The smallest absolute Gasteiger partial charge is 0.264 e. The number of aliphatic hydroxyl groups is 1. The summed E-state index contributed by atoms with van der Waals surface area (Å²) < 4.78 is 24.7. The van der Waals surface area contributed by atoms with Gasteiger partial charge in [-0.3, -0.25) is 0 Å². The summed E-state index contributed by atoms with van der Waals surface area (Å²) in [6, 6.07) is 4.17. The second-order valence-corrected chi connectivity index (χ2v) is 3.05. The number of benzene rings is 1. The van der Waals surface area contributed by atoms with Crippen LogP contribution in [0.25, 0.3) is 0 Å². The van der Waals surface area contributed by atoms with Crippen LogP contribution in [0.15, 0.2) is 18.2 Å². The summed E-state index contributed by atoms with van der Waals surface area (Å²) in [5, 5.41) is 9.04. The van der Waals surface area contributed by atoms with Gasteiger partial charge in [-0.2, -0.15) is 0 Å². The lowest BCUT2D eigenvalue weighted by Gasteiger charge is -2.07. The Morgan fingerprint density at radius 2 is 2.08 bits per heavy atom. The molecule has 1 aromatic rings. The van der Waals surface area contributed by atoms with Crippen LogP contribution < -0.4 is 0 Å². The molecule has 0 saturated heterocycles. The minimum atomic E-state index is -2.51. The molecule has 0 aliphatic heterocycles. The van der Waals surface area contributed by atoms with Gasteiger partial charge in [0.2, 0.25) is 0 Å². The Kier molecular flexibility index (Phi) is 3.63. The zero-order valence-corrected chi connectivity index (χ0v) is 7.56. The first-order valence-electron chi connectivity index (χ1n) is 3.82. The molecule has 0 unspecified atom stereocenters. The van der Waals surface area contributed by atoms with E-state index in [4.69, 9.17) is 16.7 Å². The summed E-state index contributed by atoms with van der Waals surface area (Å²) in [5.74, 6) is 0. The molecule has 1 nitrogen and oxygen atoms in total. The van der Waals surface area contributed by atoms with E-state index in [1.165, 1.54) is 18.2 Å². The van der Waals surface area contributed by atoms with Crippen LogP contribution in [-0.2, 0) is 6.42 Å². The Morgan fingerprint density at radius 1 is 1.38 bits per heavy atom. The minimum Gasteiger partial charge on any atom is -0.396 e. The monoisotopic (exact) mass is 206 g/mol. The van der Waals surface area contributed by atoms with E-state index in [0.717, 1.165) is 0 Å². The Balaban J connectivity index is 3.03. The molecular formula is C9H9ClF2O. The third-order valence-corrected chi connectivity index (χ3v) is 1.96. The lowest BCUT2D eigenvalue weighted by Crippen LogP contribution is -1.97. The molecule has 4 heteroatoms. The molecule has 0 bridgehead atoms. The maximum Gasteiger partial charge on any atom is 0.264 e. The number of halogens is 3. The summed E-state index contributed by atoms with van der Waals surface area (Å²) in [6.45, 7) is -0.153. The highest BCUT2D eigenvalue weighted by atomic mass is 35.5. The van der Waals surface area contributed by atoms with Gasteiger partial charge < -0.3 is 5.11 Å². The molecule has 0 aliphatic rings. The van der Waals surface area contributed by atoms with Gasteiger partial charge in [0.15, 0.2) is 0 Å². The van der Waals surface area contributed by atoms with Crippen LogP contribution >= 0.6 is 11.6 Å². The molecule has 0 spiro atoms. The Bertz CT molecular complexity index is 289. The molecule has 0 fully saturated rings. The molecule has 1 aromatic carbocycles. The van der Waals surface area contributed by atoms with Gasteiger partial charge in [-0.05, 0) is 24.1 Å². The molecule has 0 amide bonds. The Morgan fingerprint density at radius 3 is 2.62 bits per heavy atom. The summed E-state index contributed by atoms with van der Waals surface area (Å²) >= 11 is 5.63. The largest absolute Gasteiger partial charge is 0.396 e. The molecule has 0 aromatic heterocycles. The molecular weight excluding hydrogens is 198 g/mol. The molecule has 72 valence electrons. The fourth-order valence-electron chi connectivity index (χ4n) is 1.12. The quantitative estimate of drug-likeness (QED) is 0.807. The molecule has 0 aliphatic carbocycles. The van der Waals surface area contributed by atoms with Crippen molar-refractivity contribution >= 4 is 11.6 Å². The number of hydrogen-bond acceptors (Lipinski definition) is 1. The minimum absolute atomic E-state index is 0.0570. The van der Waals surface area contributed by atoms with Crippen molar-refractivity contribution in [2.24, 2.45) is 0 Å². The van der Waals surface area contributed by atoms with Crippen molar-refractivity contribution in [2.45, 2.75) is 12.8 Å².